The molecule has 0 bridgehead atoms. The lowest BCUT2D eigenvalue weighted by atomic mass is 9.97. The van der Waals surface area contributed by atoms with Crippen LogP contribution in [0.1, 0.15) is 44.9 Å². The zero-order valence-electron chi connectivity index (χ0n) is 11.0. The Morgan fingerprint density at radius 1 is 1.18 bits per heavy atom. The molecule has 0 N–H and O–H groups in total. The zero-order valence-corrected chi connectivity index (χ0v) is 11.0. The molecule has 17 heavy (non-hydrogen) atoms. The van der Waals surface area contributed by atoms with Crippen LogP contribution in [0.3, 0.4) is 0 Å². The number of rotatable bonds is 3. The maximum Gasteiger partial charge on any atom is 0.137 e. The van der Waals surface area contributed by atoms with E-state index < -0.39 is 0 Å². The van der Waals surface area contributed by atoms with Crippen molar-refractivity contribution >= 4 is 5.78 Å². The molecule has 1 aliphatic heterocycles. The quantitative estimate of drug-likeness (QED) is 0.707. The summed E-state index contributed by atoms with van der Waals surface area (Å²) >= 11 is 0. The molecule has 0 aromatic heterocycles. The molecule has 2 rings (SSSR count). The van der Waals surface area contributed by atoms with Crippen LogP contribution < -0.4 is 0 Å². The highest BCUT2D eigenvalue weighted by atomic mass is 16.5. The number of nitrogens with zero attached hydrogens (tertiary/aromatic N) is 1. The summed E-state index contributed by atoms with van der Waals surface area (Å²) in [6, 6.07) is 0. The number of ketones is 1. The van der Waals surface area contributed by atoms with E-state index in [-0.39, 0.29) is 0 Å². The molecule has 1 atom stereocenters. The van der Waals surface area contributed by atoms with Crippen LogP contribution in [0.2, 0.25) is 0 Å². The van der Waals surface area contributed by atoms with Gasteiger partial charge in [0.2, 0.25) is 0 Å². The second kappa shape index (κ2) is 6.50. The molecule has 1 unspecified atom stereocenters. The average Bonchev–Trinajstić information content (AvgIpc) is 2.56. The number of piperidine rings is 1. The summed E-state index contributed by atoms with van der Waals surface area (Å²) in [6.07, 6.45) is 8.22. The van der Waals surface area contributed by atoms with Gasteiger partial charge in [-0.15, -0.1) is 0 Å². The lowest BCUT2D eigenvalue weighted by molar-refractivity contribution is -0.123. The zero-order chi connectivity index (χ0) is 12.1. The molecule has 0 aromatic rings. The summed E-state index contributed by atoms with van der Waals surface area (Å²) in [5, 5.41) is 0. The summed E-state index contributed by atoms with van der Waals surface area (Å²) in [6.45, 7) is 3.19. The minimum atomic E-state index is 0.316. The van der Waals surface area contributed by atoms with Crippen molar-refractivity contribution in [3.05, 3.63) is 0 Å². The van der Waals surface area contributed by atoms with E-state index in [4.69, 9.17) is 4.74 Å². The van der Waals surface area contributed by atoms with E-state index in [1.807, 2.05) is 0 Å². The van der Waals surface area contributed by atoms with Gasteiger partial charge in [0.05, 0.1) is 6.10 Å². The normalized spacial score (nSPS) is 29.2. The Labute approximate surface area is 105 Å². The van der Waals surface area contributed by atoms with E-state index >= 15 is 0 Å². The molecule has 3 heteroatoms. The first kappa shape index (κ1) is 13.0. The Morgan fingerprint density at radius 3 is 2.65 bits per heavy atom. The third-order valence-electron chi connectivity index (χ3n) is 4.28. The Hall–Kier alpha value is -0.410. The first-order chi connectivity index (χ1) is 8.29. The van der Waals surface area contributed by atoms with E-state index in [0.29, 0.717) is 17.8 Å². The number of hydrogen-bond acceptors (Lipinski definition) is 3. The minimum Gasteiger partial charge on any atom is -0.381 e. The SMILES string of the molecule is COC1CCN(CC2CCCCCC2=O)CC1. The highest BCUT2D eigenvalue weighted by molar-refractivity contribution is 5.81. The topological polar surface area (TPSA) is 29.5 Å². The number of likely N-dealkylation sites (tertiary alicyclic amines) is 1. The summed E-state index contributed by atoms with van der Waals surface area (Å²) in [5.74, 6) is 0.827. The molecule has 0 spiro atoms. The van der Waals surface area contributed by atoms with Crippen LogP contribution in [-0.4, -0.2) is 43.5 Å². The van der Waals surface area contributed by atoms with Crippen LogP contribution >= 0.6 is 0 Å². The first-order valence-corrected chi connectivity index (χ1v) is 7.07. The molecule has 0 aromatic carbocycles. The van der Waals surface area contributed by atoms with Crippen molar-refractivity contribution in [3.63, 3.8) is 0 Å². The smallest absolute Gasteiger partial charge is 0.137 e. The minimum absolute atomic E-state index is 0.316. The van der Waals surface area contributed by atoms with Gasteiger partial charge >= 0.3 is 0 Å². The van der Waals surface area contributed by atoms with Gasteiger partial charge in [0.1, 0.15) is 5.78 Å². The highest BCUT2D eigenvalue weighted by Crippen LogP contribution is 2.22. The van der Waals surface area contributed by atoms with Gasteiger partial charge in [-0.25, -0.2) is 0 Å². The van der Waals surface area contributed by atoms with E-state index in [2.05, 4.69) is 4.90 Å². The predicted molar refractivity (Wildman–Crippen MR) is 68.1 cm³/mol. The third-order valence-corrected chi connectivity index (χ3v) is 4.28. The molecule has 0 amide bonds. The van der Waals surface area contributed by atoms with E-state index in [9.17, 15) is 4.79 Å². The lowest BCUT2D eigenvalue weighted by Crippen LogP contribution is -2.40. The van der Waals surface area contributed by atoms with Crippen LogP contribution in [0.4, 0.5) is 0 Å². The van der Waals surface area contributed by atoms with Crippen molar-refractivity contribution in [3.8, 4) is 0 Å². The van der Waals surface area contributed by atoms with Crippen LogP contribution in [0, 0.1) is 5.92 Å². The van der Waals surface area contributed by atoms with Crippen molar-refractivity contribution in [1.82, 2.24) is 4.90 Å². The monoisotopic (exact) mass is 239 g/mol. The third kappa shape index (κ3) is 3.78. The van der Waals surface area contributed by atoms with E-state index in [0.717, 1.165) is 51.7 Å². The van der Waals surface area contributed by atoms with Crippen LogP contribution in [0.15, 0.2) is 0 Å². The van der Waals surface area contributed by atoms with Gasteiger partial charge in [0, 0.05) is 39.1 Å². The van der Waals surface area contributed by atoms with Gasteiger partial charge in [0.25, 0.3) is 0 Å². The molecule has 1 saturated carbocycles. The highest BCUT2D eigenvalue weighted by Gasteiger charge is 2.25. The molecule has 98 valence electrons. The van der Waals surface area contributed by atoms with Gasteiger partial charge in [0.15, 0.2) is 0 Å². The molecular weight excluding hydrogens is 214 g/mol. The number of methoxy groups -OCH3 is 1. The number of Topliss-reactive ketones (excluding diaryl/α,β-unsaturated/α-hetero) is 1. The fraction of sp³-hybridized carbons (Fsp3) is 0.929. The first-order valence-electron chi connectivity index (χ1n) is 7.07. The molecule has 2 aliphatic rings. The van der Waals surface area contributed by atoms with Crippen molar-refractivity contribution in [1.29, 1.82) is 0 Å². The van der Waals surface area contributed by atoms with E-state index in [1.54, 1.807) is 7.11 Å². The van der Waals surface area contributed by atoms with Gasteiger partial charge < -0.3 is 9.64 Å². The van der Waals surface area contributed by atoms with Crippen LogP contribution in [-0.2, 0) is 9.53 Å². The second-order valence-corrected chi connectivity index (χ2v) is 5.50. The largest absolute Gasteiger partial charge is 0.381 e. The Balaban J connectivity index is 1.78. The van der Waals surface area contributed by atoms with Crippen molar-refractivity contribution in [2.24, 2.45) is 5.92 Å². The lowest BCUT2D eigenvalue weighted by Gasteiger charge is -2.33. The average molecular weight is 239 g/mol. The fourth-order valence-corrected chi connectivity index (χ4v) is 3.06. The fourth-order valence-electron chi connectivity index (χ4n) is 3.06. The molecule has 1 saturated heterocycles. The van der Waals surface area contributed by atoms with Crippen LogP contribution in [0.25, 0.3) is 0 Å². The van der Waals surface area contributed by atoms with Gasteiger partial charge in [-0.2, -0.15) is 0 Å². The summed E-state index contributed by atoms with van der Waals surface area (Å²) in [5.41, 5.74) is 0. The number of carbonyl (C=O) groups excluding carboxylic acids is 1. The van der Waals surface area contributed by atoms with Crippen molar-refractivity contribution < 1.29 is 9.53 Å². The van der Waals surface area contributed by atoms with Gasteiger partial charge in [-0.3, -0.25) is 4.79 Å². The standard InChI is InChI=1S/C14H25NO2/c1-17-13-7-9-15(10-8-13)11-12-5-3-2-4-6-14(12)16/h12-13H,2-11H2,1H3. The van der Waals surface area contributed by atoms with Gasteiger partial charge in [-0.1, -0.05) is 12.8 Å². The number of ether oxygens (including phenoxy) is 1. The Kier molecular flexibility index (Phi) is 4.99. The second-order valence-electron chi connectivity index (χ2n) is 5.50. The van der Waals surface area contributed by atoms with Crippen LogP contribution in [0.5, 0.6) is 0 Å². The van der Waals surface area contributed by atoms with Crippen molar-refractivity contribution in [2.45, 2.75) is 51.0 Å². The Bertz CT molecular complexity index is 247. The maximum absolute atomic E-state index is 12.0. The molecular formula is C14H25NO2. The Morgan fingerprint density at radius 2 is 1.94 bits per heavy atom. The summed E-state index contributed by atoms with van der Waals surface area (Å²) < 4.78 is 5.38. The molecule has 3 nitrogen and oxygen atoms in total. The van der Waals surface area contributed by atoms with E-state index in [1.165, 1.54) is 12.8 Å². The maximum atomic E-state index is 12.0. The van der Waals surface area contributed by atoms with Crippen molar-refractivity contribution in [2.75, 3.05) is 26.7 Å². The predicted octanol–water partition coefficient (Wildman–Crippen LogP) is 2.25. The van der Waals surface area contributed by atoms with Gasteiger partial charge in [-0.05, 0) is 25.7 Å². The number of carbonyl (C=O) groups is 1. The molecule has 1 aliphatic carbocycles. The number of hydrogen-bond donors (Lipinski definition) is 0. The summed E-state index contributed by atoms with van der Waals surface area (Å²) in [7, 11) is 1.80. The molecule has 0 radical (unpaired) electrons. The molecule has 2 fully saturated rings. The molecule has 1 heterocycles. The summed E-state index contributed by atoms with van der Waals surface area (Å²) in [4.78, 5) is 14.4.